The van der Waals surface area contributed by atoms with Crippen LogP contribution in [0.3, 0.4) is 0 Å². The molecule has 0 atom stereocenters. The molecule has 0 bridgehead atoms. The Morgan fingerprint density at radius 1 is 1.06 bits per heavy atom. The van der Waals surface area contributed by atoms with Crippen LogP contribution >= 0.6 is 0 Å². The van der Waals surface area contributed by atoms with E-state index >= 15 is 4.39 Å². The molecule has 186 valence electrons. The Kier molecular flexibility index (Phi) is 6.05. The SMILES string of the molecule is COc1ncc(-c2cc(OC3CCC3)c3ncnc(C)c3c2)cc1-c1c(F)ccc(S(N)(=O)=O)c1F. The van der Waals surface area contributed by atoms with Crippen molar-refractivity contribution in [1.29, 1.82) is 0 Å². The fourth-order valence-electron chi connectivity index (χ4n) is 4.14. The smallest absolute Gasteiger partial charge is 0.240 e. The van der Waals surface area contributed by atoms with Gasteiger partial charge in [-0.1, -0.05) is 0 Å². The highest BCUT2D eigenvalue weighted by molar-refractivity contribution is 7.89. The molecule has 0 spiro atoms. The Balaban J connectivity index is 1.72. The van der Waals surface area contributed by atoms with Crippen molar-refractivity contribution in [3.63, 3.8) is 0 Å². The summed E-state index contributed by atoms with van der Waals surface area (Å²) < 4.78 is 65.3. The number of primary sulfonamides is 1. The molecule has 4 aromatic rings. The van der Waals surface area contributed by atoms with E-state index in [0.717, 1.165) is 42.5 Å². The Morgan fingerprint density at radius 2 is 1.83 bits per heavy atom. The van der Waals surface area contributed by atoms with Crippen molar-refractivity contribution in [3.05, 3.63) is 60.2 Å². The second kappa shape index (κ2) is 9.07. The Bertz CT molecular complexity index is 1610. The standard InChI is InChI=1S/C25H22F2N4O4S/c1-13-17-8-14(10-20(24(17)31-12-30-13)35-16-4-3-5-16)15-9-18(25(34-2)29-11-15)22-19(26)6-7-21(23(22)27)36(28,32)33/h6-12,16H,3-5H2,1-2H3,(H2,28,32,33). The number of sulfonamides is 1. The van der Waals surface area contributed by atoms with Crippen LogP contribution in [-0.2, 0) is 10.0 Å². The third-order valence-electron chi connectivity index (χ3n) is 6.26. The zero-order valence-electron chi connectivity index (χ0n) is 19.5. The summed E-state index contributed by atoms with van der Waals surface area (Å²) in [5.41, 5.74) is 1.86. The maximum atomic E-state index is 15.3. The second-order valence-electron chi connectivity index (χ2n) is 8.56. The van der Waals surface area contributed by atoms with Gasteiger partial charge >= 0.3 is 0 Å². The lowest BCUT2D eigenvalue weighted by Crippen LogP contribution is -2.24. The molecule has 0 amide bonds. The van der Waals surface area contributed by atoms with Crippen molar-refractivity contribution in [1.82, 2.24) is 15.0 Å². The van der Waals surface area contributed by atoms with E-state index in [1.54, 1.807) is 6.07 Å². The van der Waals surface area contributed by atoms with Crippen molar-refractivity contribution in [2.75, 3.05) is 7.11 Å². The molecule has 0 radical (unpaired) electrons. The number of aromatic nitrogens is 3. The van der Waals surface area contributed by atoms with E-state index in [0.29, 0.717) is 22.4 Å². The van der Waals surface area contributed by atoms with Crippen LogP contribution in [0, 0.1) is 18.6 Å². The van der Waals surface area contributed by atoms with Gasteiger partial charge in [0.25, 0.3) is 0 Å². The maximum Gasteiger partial charge on any atom is 0.240 e. The summed E-state index contributed by atoms with van der Waals surface area (Å²) in [6.07, 6.45) is 6.05. The van der Waals surface area contributed by atoms with E-state index < -0.39 is 32.1 Å². The number of hydrogen-bond acceptors (Lipinski definition) is 7. The number of methoxy groups -OCH3 is 1. The number of rotatable bonds is 6. The quantitative estimate of drug-likeness (QED) is 0.403. The maximum absolute atomic E-state index is 15.3. The zero-order chi connectivity index (χ0) is 25.6. The van der Waals surface area contributed by atoms with Crippen LogP contribution in [0.2, 0.25) is 0 Å². The topological polar surface area (TPSA) is 117 Å². The van der Waals surface area contributed by atoms with Gasteiger partial charge < -0.3 is 9.47 Å². The summed E-state index contributed by atoms with van der Waals surface area (Å²) in [5.74, 6) is -1.83. The number of benzene rings is 2. The lowest BCUT2D eigenvalue weighted by atomic mass is 9.95. The van der Waals surface area contributed by atoms with Crippen LogP contribution in [0.15, 0.2) is 47.8 Å². The first-order chi connectivity index (χ1) is 17.2. The van der Waals surface area contributed by atoms with Crippen molar-refractivity contribution in [2.24, 2.45) is 5.14 Å². The van der Waals surface area contributed by atoms with Gasteiger partial charge in [-0.3, -0.25) is 0 Å². The molecule has 1 aliphatic rings. The molecule has 0 saturated heterocycles. The zero-order valence-corrected chi connectivity index (χ0v) is 20.3. The number of fused-ring (bicyclic) bond motifs is 1. The van der Waals surface area contributed by atoms with Crippen LogP contribution in [-0.4, -0.2) is 36.6 Å². The van der Waals surface area contributed by atoms with Gasteiger partial charge in [-0.15, -0.1) is 0 Å². The molecule has 2 heterocycles. The van der Waals surface area contributed by atoms with E-state index in [9.17, 15) is 12.8 Å². The minimum absolute atomic E-state index is 0.0712. The lowest BCUT2D eigenvalue weighted by molar-refractivity contribution is 0.122. The first-order valence-electron chi connectivity index (χ1n) is 11.1. The molecule has 0 unspecified atom stereocenters. The minimum Gasteiger partial charge on any atom is -0.488 e. The number of aryl methyl sites for hydroxylation is 1. The largest absolute Gasteiger partial charge is 0.488 e. The molecular formula is C25H22F2N4O4S. The van der Waals surface area contributed by atoms with Gasteiger partial charge in [0, 0.05) is 22.8 Å². The van der Waals surface area contributed by atoms with Gasteiger partial charge in [0.15, 0.2) is 5.82 Å². The van der Waals surface area contributed by atoms with E-state index in [4.69, 9.17) is 14.6 Å². The van der Waals surface area contributed by atoms with E-state index in [-0.39, 0.29) is 17.5 Å². The highest BCUT2D eigenvalue weighted by atomic mass is 32.2. The van der Waals surface area contributed by atoms with Crippen LogP contribution in [0.25, 0.3) is 33.2 Å². The number of ether oxygens (including phenoxy) is 2. The molecule has 1 saturated carbocycles. The molecule has 2 aromatic heterocycles. The van der Waals surface area contributed by atoms with Crippen molar-refractivity contribution in [3.8, 4) is 33.9 Å². The number of nitrogens with zero attached hydrogens (tertiary/aromatic N) is 3. The molecule has 2 aromatic carbocycles. The number of nitrogens with two attached hydrogens (primary N) is 1. The molecule has 11 heteroatoms. The van der Waals surface area contributed by atoms with Gasteiger partial charge in [0.2, 0.25) is 15.9 Å². The van der Waals surface area contributed by atoms with Crippen molar-refractivity contribution in [2.45, 2.75) is 37.2 Å². The summed E-state index contributed by atoms with van der Waals surface area (Å²) in [5, 5.41) is 5.88. The third-order valence-corrected chi connectivity index (χ3v) is 7.19. The third kappa shape index (κ3) is 4.24. The van der Waals surface area contributed by atoms with Crippen LogP contribution in [0.5, 0.6) is 11.6 Å². The molecule has 0 aliphatic heterocycles. The fraction of sp³-hybridized carbons (Fsp3) is 0.240. The summed E-state index contributed by atoms with van der Waals surface area (Å²) >= 11 is 0. The highest BCUT2D eigenvalue weighted by Gasteiger charge is 2.26. The minimum atomic E-state index is -4.44. The molecule has 1 aliphatic carbocycles. The summed E-state index contributed by atoms with van der Waals surface area (Å²) in [7, 11) is -3.14. The monoisotopic (exact) mass is 512 g/mol. The summed E-state index contributed by atoms with van der Waals surface area (Å²) in [6, 6.07) is 6.75. The van der Waals surface area contributed by atoms with Crippen LogP contribution in [0.1, 0.15) is 25.0 Å². The normalized spacial score (nSPS) is 14.0. The predicted octanol–water partition coefficient (Wildman–Crippen LogP) is 4.53. The summed E-state index contributed by atoms with van der Waals surface area (Å²) in [6.45, 7) is 1.85. The van der Waals surface area contributed by atoms with Crippen LogP contribution in [0.4, 0.5) is 8.78 Å². The predicted molar refractivity (Wildman–Crippen MR) is 129 cm³/mol. The molecule has 36 heavy (non-hydrogen) atoms. The average molecular weight is 513 g/mol. The molecule has 2 N–H and O–H groups in total. The van der Waals surface area contributed by atoms with Gasteiger partial charge in [-0.05, 0) is 62.1 Å². The van der Waals surface area contributed by atoms with Gasteiger partial charge in [-0.2, -0.15) is 0 Å². The molecule has 5 rings (SSSR count). The fourth-order valence-corrected chi connectivity index (χ4v) is 4.75. The highest BCUT2D eigenvalue weighted by Crippen LogP contribution is 2.40. The van der Waals surface area contributed by atoms with Gasteiger partial charge in [0.1, 0.15) is 28.3 Å². The molecule has 8 nitrogen and oxygen atoms in total. The summed E-state index contributed by atoms with van der Waals surface area (Å²) in [4.78, 5) is 12.1. The number of pyridine rings is 1. The molecule has 1 fully saturated rings. The second-order valence-corrected chi connectivity index (χ2v) is 10.1. The van der Waals surface area contributed by atoms with Crippen LogP contribution < -0.4 is 14.6 Å². The average Bonchev–Trinajstić information content (AvgIpc) is 2.80. The van der Waals surface area contributed by atoms with E-state index in [1.807, 2.05) is 13.0 Å². The Morgan fingerprint density at radius 3 is 2.50 bits per heavy atom. The first-order valence-corrected chi connectivity index (χ1v) is 12.7. The number of halogens is 2. The van der Waals surface area contributed by atoms with E-state index in [2.05, 4.69) is 15.0 Å². The van der Waals surface area contributed by atoms with Crippen molar-refractivity contribution >= 4 is 20.9 Å². The Hall–Kier alpha value is -3.70. The van der Waals surface area contributed by atoms with Gasteiger partial charge in [0.05, 0.1) is 24.3 Å². The number of hydrogen-bond donors (Lipinski definition) is 1. The lowest BCUT2D eigenvalue weighted by Gasteiger charge is -2.27. The molecular weight excluding hydrogens is 490 g/mol. The van der Waals surface area contributed by atoms with E-state index in [1.165, 1.54) is 25.7 Å². The Labute approximate surface area is 206 Å². The van der Waals surface area contributed by atoms with Crippen molar-refractivity contribution < 1.29 is 26.7 Å². The van der Waals surface area contributed by atoms with Gasteiger partial charge in [-0.25, -0.2) is 37.3 Å². The first kappa shape index (κ1) is 24.0.